The lowest BCUT2D eigenvalue weighted by Crippen LogP contribution is -2.48. The third-order valence-electron chi connectivity index (χ3n) is 7.09. The third kappa shape index (κ3) is 4.05. The van der Waals surface area contributed by atoms with Gasteiger partial charge in [-0.2, -0.15) is 5.10 Å². The first kappa shape index (κ1) is 21.5. The summed E-state index contributed by atoms with van der Waals surface area (Å²) in [4.78, 5) is 6.51. The van der Waals surface area contributed by atoms with Crippen molar-refractivity contribution >= 4 is 5.82 Å². The van der Waals surface area contributed by atoms with Crippen LogP contribution >= 0.6 is 0 Å². The van der Waals surface area contributed by atoms with Crippen molar-refractivity contribution < 1.29 is 17.9 Å². The summed E-state index contributed by atoms with van der Waals surface area (Å²) < 4.78 is 44.2. The minimum absolute atomic E-state index is 0.150. The van der Waals surface area contributed by atoms with E-state index in [1.807, 2.05) is 10.7 Å². The number of halogens is 3. The molecule has 2 atom stereocenters. The van der Waals surface area contributed by atoms with Gasteiger partial charge in [-0.05, 0) is 50.7 Å². The molecule has 3 fully saturated rings. The summed E-state index contributed by atoms with van der Waals surface area (Å²) in [7, 11) is 0. The van der Waals surface area contributed by atoms with Crippen LogP contribution in [-0.2, 0) is 0 Å². The highest BCUT2D eigenvalue weighted by atomic mass is 19.4. The number of rotatable bonds is 5. The maximum absolute atomic E-state index is 12.7. The molecule has 3 N–H and O–H groups in total. The molecule has 2 saturated carbocycles. The second-order valence-corrected chi connectivity index (χ2v) is 9.41. The Morgan fingerprint density at radius 2 is 1.84 bits per heavy atom. The highest BCUT2D eigenvalue weighted by Crippen LogP contribution is 2.64. The molecule has 3 aliphatic rings. The number of hydrogen-bond acceptors (Lipinski definition) is 6. The zero-order valence-corrected chi connectivity index (χ0v) is 18.3. The molecular formula is C22H29F3N6O. The van der Waals surface area contributed by atoms with Crippen LogP contribution in [0.2, 0.25) is 0 Å². The van der Waals surface area contributed by atoms with Crippen molar-refractivity contribution in [1.29, 1.82) is 0 Å². The Labute approximate surface area is 185 Å². The largest absolute Gasteiger partial charge is 0.573 e. The molecule has 32 heavy (non-hydrogen) atoms. The van der Waals surface area contributed by atoms with E-state index in [-0.39, 0.29) is 11.9 Å². The van der Waals surface area contributed by atoms with Crippen LogP contribution in [0.3, 0.4) is 0 Å². The average molecular weight is 451 g/mol. The summed E-state index contributed by atoms with van der Waals surface area (Å²) in [5.74, 6) is 0.977. The lowest BCUT2D eigenvalue weighted by molar-refractivity contribution is -0.274. The van der Waals surface area contributed by atoms with Crippen LogP contribution in [0.1, 0.15) is 44.3 Å². The smallest absolute Gasteiger partial charge is 0.402 e. The number of pyridine rings is 1. The van der Waals surface area contributed by atoms with Gasteiger partial charge in [0.25, 0.3) is 0 Å². The van der Waals surface area contributed by atoms with Crippen molar-refractivity contribution in [1.82, 2.24) is 25.0 Å². The molecule has 2 aromatic rings. The Hall–Kier alpha value is -2.33. The molecule has 0 radical (unpaired) electrons. The first-order valence-corrected chi connectivity index (χ1v) is 11.3. The highest BCUT2D eigenvalue weighted by molar-refractivity contribution is 5.64. The topological polar surface area (TPSA) is 81.2 Å². The number of fused-ring (bicyclic) bond motifs is 1. The van der Waals surface area contributed by atoms with Gasteiger partial charge in [0.1, 0.15) is 0 Å². The van der Waals surface area contributed by atoms with E-state index < -0.39 is 12.1 Å². The Kier molecular flexibility index (Phi) is 5.32. The van der Waals surface area contributed by atoms with E-state index in [4.69, 9.17) is 10.8 Å². The predicted molar refractivity (Wildman–Crippen MR) is 114 cm³/mol. The van der Waals surface area contributed by atoms with Gasteiger partial charge in [-0.3, -0.25) is 9.58 Å². The number of nitrogen functional groups attached to an aromatic ring is 1. The molecule has 2 unspecified atom stereocenters. The number of nitrogens with one attached hydrogen (secondary N) is 1. The fourth-order valence-corrected chi connectivity index (χ4v) is 5.61. The van der Waals surface area contributed by atoms with Crippen LogP contribution in [0.4, 0.5) is 19.0 Å². The molecule has 174 valence electrons. The number of piperazine rings is 1. The van der Waals surface area contributed by atoms with Crippen LogP contribution in [-0.4, -0.2) is 58.2 Å². The molecule has 7 nitrogen and oxygen atoms in total. The van der Waals surface area contributed by atoms with Gasteiger partial charge in [0.2, 0.25) is 0 Å². The summed E-state index contributed by atoms with van der Waals surface area (Å²) in [6.45, 7) is 8.51. The van der Waals surface area contributed by atoms with Gasteiger partial charge >= 0.3 is 6.36 Å². The van der Waals surface area contributed by atoms with Crippen molar-refractivity contribution in [3.8, 4) is 17.0 Å². The van der Waals surface area contributed by atoms with Gasteiger partial charge in [0.15, 0.2) is 11.6 Å². The first-order chi connectivity index (χ1) is 15.2. The Morgan fingerprint density at radius 1 is 1.16 bits per heavy atom. The molecule has 5 rings (SSSR count). The molecular weight excluding hydrogens is 421 g/mol. The van der Waals surface area contributed by atoms with E-state index in [9.17, 15) is 13.2 Å². The SMILES string of the molecule is CC(C)n1nc(-c2cnc(N)c(OC(F)(F)F)c2)cc1C1C2CC(N3CCNCC3)CC21. The van der Waals surface area contributed by atoms with E-state index in [1.54, 1.807) is 0 Å². The fourth-order valence-electron chi connectivity index (χ4n) is 5.61. The molecule has 1 saturated heterocycles. The monoisotopic (exact) mass is 450 g/mol. The van der Waals surface area contributed by atoms with Crippen LogP contribution in [0.5, 0.6) is 5.75 Å². The zero-order chi connectivity index (χ0) is 22.6. The number of hydrogen-bond donors (Lipinski definition) is 2. The predicted octanol–water partition coefficient (Wildman–Crippen LogP) is 3.40. The summed E-state index contributed by atoms with van der Waals surface area (Å²) in [6.07, 6.45) is -0.964. The van der Waals surface area contributed by atoms with Gasteiger partial charge in [0.05, 0.1) is 5.69 Å². The summed E-state index contributed by atoms with van der Waals surface area (Å²) in [5, 5.41) is 8.14. The molecule has 0 aromatic carbocycles. The van der Waals surface area contributed by atoms with Crippen molar-refractivity contribution in [3.05, 3.63) is 24.0 Å². The zero-order valence-electron chi connectivity index (χ0n) is 18.3. The van der Waals surface area contributed by atoms with Crippen molar-refractivity contribution in [3.63, 3.8) is 0 Å². The van der Waals surface area contributed by atoms with Gasteiger partial charge in [0, 0.05) is 61.6 Å². The van der Waals surface area contributed by atoms with Crippen LogP contribution < -0.4 is 15.8 Å². The number of anilines is 1. The molecule has 2 aliphatic carbocycles. The fraction of sp³-hybridized carbons (Fsp3) is 0.636. The van der Waals surface area contributed by atoms with Gasteiger partial charge in [-0.15, -0.1) is 13.2 Å². The standard InChI is InChI=1S/C22H29F3N6O/c1-12(2)31-18(20-15-8-14(9-16(15)20)30-5-3-27-4-6-30)10-17(29-31)13-7-19(21(26)28-11-13)32-22(23,24)25/h7,10-12,14-16,20,27H,3-6,8-9H2,1-2H3,(H2,26,28). The molecule has 0 amide bonds. The summed E-state index contributed by atoms with van der Waals surface area (Å²) in [5.41, 5.74) is 7.80. The molecule has 1 aliphatic heterocycles. The van der Waals surface area contributed by atoms with Gasteiger partial charge < -0.3 is 15.8 Å². The number of nitrogens with two attached hydrogens (primary N) is 1. The lowest BCUT2D eigenvalue weighted by Gasteiger charge is -2.34. The van der Waals surface area contributed by atoms with Crippen molar-refractivity contribution in [2.75, 3.05) is 31.9 Å². The molecule has 0 bridgehead atoms. The van der Waals surface area contributed by atoms with E-state index in [0.29, 0.717) is 35.1 Å². The van der Waals surface area contributed by atoms with E-state index in [0.717, 1.165) is 26.2 Å². The summed E-state index contributed by atoms with van der Waals surface area (Å²) >= 11 is 0. The molecule has 0 spiro atoms. The number of alkyl halides is 3. The highest BCUT2D eigenvalue weighted by Gasteiger charge is 2.58. The second-order valence-electron chi connectivity index (χ2n) is 9.41. The van der Waals surface area contributed by atoms with Gasteiger partial charge in [-0.1, -0.05) is 0 Å². The summed E-state index contributed by atoms with van der Waals surface area (Å²) in [6, 6.07) is 4.09. The second kappa shape index (κ2) is 7.91. The van der Waals surface area contributed by atoms with Gasteiger partial charge in [-0.25, -0.2) is 4.98 Å². The maximum Gasteiger partial charge on any atom is 0.573 e. The number of ether oxygens (including phenoxy) is 1. The minimum atomic E-state index is -4.83. The van der Waals surface area contributed by atoms with Crippen LogP contribution in [0.15, 0.2) is 18.3 Å². The van der Waals surface area contributed by atoms with Crippen LogP contribution in [0, 0.1) is 11.8 Å². The third-order valence-corrected chi connectivity index (χ3v) is 7.09. The van der Waals surface area contributed by atoms with Crippen molar-refractivity contribution in [2.45, 2.75) is 51.1 Å². The molecule has 3 heterocycles. The number of aromatic nitrogens is 3. The first-order valence-electron chi connectivity index (χ1n) is 11.3. The van der Waals surface area contributed by atoms with Crippen LogP contribution in [0.25, 0.3) is 11.3 Å². The number of nitrogens with zero attached hydrogens (tertiary/aromatic N) is 4. The van der Waals surface area contributed by atoms with Crippen molar-refractivity contribution in [2.24, 2.45) is 11.8 Å². The Bertz CT molecular complexity index is 973. The normalized spacial score (nSPS) is 28.2. The van der Waals surface area contributed by atoms with E-state index in [1.165, 1.54) is 30.8 Å². The van der Waals surface area contributed by atoms with E-state index in [2.05, 4.69) is 33.8 Å². The lowest BCUT2D eigenvalue weighted by atomic mass is 10.0. The average Bonchev–Trinajstić information content (AvgIpc) is 3.09. The van der Waals surface area contributed by atoms with E-state index >= 15 is 0 Å². The molecule has 10 heteroatoms. The molecule has 2 aromatic heterocycles. The maximum atomic E-state index is 12.7. The quantitative estimate of drug-likeness (QED) is 0.727. The minimum Gasteiger partial charge on any atom is -0.402 e. The Morgan fingerprint density at radius 3 is 2.47 bits per heavy atom. The Balaban J connectivity index is 1.36.